The van der Waals surface area contributed by atoms with Crippen LogP contribution < -0.4 is 4.74 Å². The largest absolute Gasteiger partial charge is 0.497 e. The molecule has 0 saturated carbocycles. The summed E-state index contributed by atoms with van der Waals surface area (Å²) in [6.45, 7) is 3.45. The van der Waals surface area contributed by atoms with Gasteiger partial charge >= 0.3 is 0 Å². The van der Waals surface area contributed by atoms with E-state index in [1.165, 1.54) is 0 Å². The average molecular weight is 316 g/mol. The number of nitriles is 1. The van der Waals surface area contributed by atoms with Crippen molar-refractivity contribution in [1.29, 1.82) is 5.26 Å². The van der Waals surface area contributed by atoms with E-state index in [1.54, 1.807) is 14.0 Å². The number of benzene rings is 2. The molecule has 0 unspecified atom stereocenters. The van der Waals surface area contributed by atoms with Gasteiger partial charge in [0, 0.05) is 16.5 Å². The fourth-order valence-corrected chi connectivity index (χ4v) is 2.78. The highest BCUT2D eigenvalue weighted by Crippen LogP contribution is 2.30. The van der Waals surface area contributed by atoms with E-state index in [1.807, 2.05) is 49.4 Å². The molecule has 1 aromatic heterocycles. The Labute approximate surface area is 140 Å². The second-order valence-electron chi connectivity index (χ2n) is 5.66. The van der Waals surface area contributed by atoms with Gasteiger partial charge in [0.25, 0.3) is 0 Å². The molecule has 2 aromatic carbocycles. The smallest absolute Gasteiger partial charge is 0.160 e. The number of hydrogen-bond acceptors (Lipinski definition) is 4. The van der Waals surface area contributed by atoms with Crippen LogP contribution in [-0.2, 0) is 0 Å². The van der Waals surface area contributed by atoms with E-state index in [4.69, 9.17) is 4.74 Å². The second-order valence-corrected chi connectivity index (χ2v) is 5.66. The Bertz CT molecular complexity index is 983. The third kappa shape index (κ3) is 2.72. The summed E-state index contributed by atoms with van der Waals surface area (Å²) in [4.78, 5) is 16.5. The van der Waals surface area contributed by atoms with Crippen molar-refractivity contribution in [3.8, 4) is 22.9 Å². The van der Waals surface area contributed by atoms with Crippen molar-refractivity contribution in [2.75, 3.05) is 7.11 Å². The Balaban J connectivity index is 2.30. The van der Waals surface area contributed by atoms with Gasteiger partial charge in [-0.1, -0.05) is 12.1 Å². The van der Waals surface area contributed by atoms with Crippen molar-refractivity contribution in [3.05, 3.63) is 59.3 Å². The van der Waals surface area contributed by atoms with Crippen molar-refractivity contribution in [1.82, 2.24) is 4.98 Å². The topological polar surface area (TPSA) is 63.0 Å². The molecule has 0 fully saturated rings. The summed E-state index contributed by atoms with van der Waals surface area (Å²) in [5.74, 6) is 0.724. The molecule has 0 saturated heterocycles. The van der Waals surface area contributed by atoms with Gasteiger partial charge in [0.15, 0.2) is 5.78 Å². The first-order chi connectivity index (χ1) is 11.5. The number of aryl methyl sites for hydroxylation is 1. The lowest BCUT2D eigenvalue weighted by atomic mass is 9.97. The monoisotopic (exact) mass is 316 g/mol. The number of carbonyl (C=O) groups is 1. The molecule has 4 heteroatoms. The van der Waals surface area contributed by atoms with E-state index in [2.05, 4.69) is 11.1 Å². The van der Waals surface area contributed by atoms with Gasteiger partial charge in [-0.2, -0.15) is 5.26 Å². The Morgan fingerprint density at radius 3 is 2.46 bits per heavy atom. The summed E-state index contributed by atoms with van der Waals surface area (Å²) >= 11 is 0. The summed E-state index contributed by atoms with van der Waals surface area (Å²) in [7, 11) is 1.61. The molecule has 0 aliphatic rings. The predicted molar refractivity (Wildman–Crippen MR) is 93.2 cm³/mol. The Hall–Kier alpha value is -3.19. The maximum Gasteiger partial charge on any atom is 0.160 e. The van der Waals surface area contributed by atoms with Gasteiger partial charge in [-0.05, 0) is 55.3 Å². The molecule has 0 aliphatic heterocycles. The molecular formula is C20H16N2O2. The number of carbonyl (C=O) groups excluding carboxylic acids is 1. The molecule has 0 bridgehead atoms. The summed E-state index contributed by atoms with van der Waals surface area (Å²) in [5, 5.41) is 10.2. The number of methoxy groups -OCH3 is 1. The summed E-state index contributed by atoms with van der Waals surface area (Å²) in [6.07, 6.45) is 0. The zero-order chi connectivity index (χ0) is 17.3. The SMILES string of the molecule is COc1ccc(-c2cc3c(C(C)=O)cc(C)cc3nc2C#N)cc1. The lowest BCUT2D eigenvalue weighted by Crippen LogP contribution is -1.99. The highest BCUT2D eigenvalue weighted by atomic mass is 16.5. The Morgan fingerprint density at radius 1 is 1.17 bits per heavy atom. The van der Waals surface area contributed by atoms with Gasteiger partial charge in [0.05, 0.1) is 12.6 Å². The number of hydrogen-bond donors (Lipinski definition) is 0. The highest BCUT2D eigenvalue weighted by Gasteiger charge is 2.14. The maximum absolute atomic E-state index is 12.0. The van der Waals surface area contributed by atoms with Crippen molar-refractivity contribution in [3.63, 3.8) is 0 Å². The minimum absolute atomic E-state index is 0.0177. The molecule has 4 nitrogen and oxygen atoms in total. The van der Waals surface area contributed by atoms with E-state index < -0.39 is 0 Å². The molecule has 1 heterocycles. The standard InChI is InChI=1S/C20H16N2O2/c1-12-8-16(13(2)23)18-10-17(20(11-21)22-19(18)9-12)14-4-6-15(24-3)7-5-14/h4-10H,1-3H3. The lowest BCUT2D eigenvalue weighted by molar-refractivity contribution is 0.101. The first-order valence-electron chi connectivity index (χ1n) is 7.54. The fraction of sp³-hybridized carbons (Fsp3) is 0.150. The summed E-state index contributed by atoms with van der Waals surface area (Å²) in [6, 6.07) is 15.2. The van der Waals surface area contributed by atoms with Crippen LogP contribution in [0.5, 0.6) is 5.75 Å². The number of rotatable bonds is 3. The van der Waals surface area contributed by atoms with Gasteiger partial charge in [0.1, 0.15) is 17.5 Å². The van der Waals surface area contributed by atoms with E-state index in [0.717, 1.165) is 22.3 Å². The minimum Gasteiger partial charge on any atom is -0.497 e. The zero-order valence-electron chi connectivity index (χ0n) is 13.8. The number of pyridine rings is 1. The van der Waals surface area contributed by atoms with E-state index in [-0.39, 0.29) is 5.78 Å². The molecule has 3 rings (SSSR count). The lowest BCUT2D eigenvalue weighted by Gasteiger charge is -2.10. The number of nitrogens with zero attached hydrogens (tertiary/aromatic N) is 2. The molecule has 0 N–H and O–H groups in total. The quantitative estimate of drug-likeness (QED) is 0.676. The van der Waals surface area contributed by atoms with Crippen molar-refractivity contribution < 1.29 is 9.53 Å². The van der Waals surface area contributed by atoms with Crippen LogP contribution in [0.25, 0.3) is 22.0 Å². The molecule has 118 valence electrons. The minimum atomic E-state index is -0.0177. The molecule has 0 aliphatic carbocycles. The normalized spacial score (nSPS) is 10.4. The van der Waals surface area contributed by atoms with Crippen LogP contribution in [0.4, 0.5) is 0 Å². The van der Waals surface area contributed by atoms with E-state index >= 15 is 0 Å². The maximum atomic E-state index is 12.0. The van der Waals surface area contributed by atoms with Gasteiger partial charge in [-0.3, -0.25) is 4.79 Å². The first-order valence-corrected chi connectivity index (χ1v) is 7.54. The molecule has 0 amide bonds. The number of ether oxygens (including phenoxy) is 1. The predicted octanol–water partition coefficient (Wildman–Crippen LogP) is 4.29. The number of Topliss-reactive ketones (excluding diaryl/α,β-unsaturated/α-hetero) is 1. The Kier molecular flexibility index (Phi) is 4.01. The van der Waals surface area contributed by atoms with E-state index in [0.29, 0.717) is 22.3 Å². The first kappa shape index (κ1) is 15.7. The Morgan fingerprint density at radius 2 is 1.88 bits per heavy atom. The fourth-order valence-electron chi connectivity index (χ4n) is 2.78. The zero-order valence-corrected chi connectivity index (χ0v) is 13.8. The van der Waals surface area contributed by atoms with Crippen molar-refractivity contribution >= 4 is 16.7 Å². The second kappa shape index (κ2) is 6.13. The third-order valence-corrected chi connectivity index (χ3v) is 3.96. The van der Waals surface area contributed by atoms with Gasteiger partial charge in [-0.15, -0.1) is 0 Å². The van der Waals surface area contributed by atoms with Gasteiger partial charge in [-0.25, -0.2) is 4.98 Å². The number of aromatic nitrogens is 1. The molecular weight excluding hydrogens is 300 g/mol. The summed E-state index contributed by atoms with van der Waals surface area (Å²) in [5.41, 5.74) is 4.13. The highest BCUT2D eigenvalue weighted by molar-refractivity contribution is 6.07. The van der Waals surface area contributed by atoms with Crippen LogP contribution in [0.2, 0.25) is 0 Å². The van der Waals surface area contributed by atoms with Crippen molar-refractivity contribution in [2.45, 2.75) is 13.8 Å². The van der Waals surface area contributed by atoms with Gasteiger partial charge < -0.3 is 4.74 Å². The number of fused-ring (bicyclic) bond motifs is 1. The third-order valence-electron chi connectivity index (χ3n) is 3.96. The molecule has 24 heavy (non-hydrogen) atoms. The molecule has 0 atom stereocenters. The van der Waals surface area contributed by atoms with Crippen LogP contribution in [0.15, 0.2) is 42.5 Å². The van der Waals surface area contributed by atoms with Crippen LogP contribution in [-0.4, -0.2) is 17.9 Å². The average Bonchev–Trinajstić information content (AvgIpc) is 2.59. The van der Waals surface area contributed by atoms with Crippen molar-refractivity contribution in [2.24, 2.45) is 0 Å². The van der Waals surface area contributed by atoms with Crippen LogP contribution >= 0.6 is 0 Å². The molecule has 3 aromatic rings. The number of ketones is 1. The van der Waals surface area contributed by atoms with E-state index in [9.17, 15) is 10.1 Å². The van der Waals surface area contributed by atoms with Crippen LogP contribution in [0, 0.1) is 18.3 Å². The van der Waals surface area contributed by atoms with Crippen LogP contribution in [0.1, 0.15) is 28.5 Å². The summed E-state index contributed by atoms with van der Waals surface area (Å²) < 4.78 is 5.17. The van der Waals surface area contributed by atoms with Crippen LogP contribution in [0.3, 0.4) is 0 Å². The van der Waals surface area contributed by atoms with Gasteiger partial charge in [0.2, 0.25) is 0 Å². The molecule has 0 spiro atoms. The molecule has 0 radical (unpaired) electrons.